The Bertz CT molecular complexity index is 964. The molecule has 0 aliphatic heterocycles. The highest BCUT2D eigenvalue weighted by Crippen LogP contribution is 2.31. The molecule has 3 aromatic rings. The van der Waals surface area contributed by atoms with E-state index in [1.165, 1.54) is 0 Å². The quantitative estimate of drug-likeness (QED) is 0.630. The first-order valence-corrected chi connectivity index (χ1v) is 8.98. The third-order valence-corrected chi connectivity index (χ3v) is 4.19. The number of aromatic nitrogens is 1. The lowest BCUT2D eigenvalue weighted by molar-refractivity contribution is 0.336. The Morgan fingerprint density at radius 2 is 1.63 bits per heavy atom. The van der Waals surface area contributed by atoms with Crippen LogP contribution in [0.15, 0.2) is 47.3 Å². The van der Waals surface area contributed by atoms with Gasteiger partial charge in [0.1, 0.15) is 17.2 Å². The number of rotatable bonds is 8. The smallest absolute Gasteiger partial charge is 0.253 e. The minimum absolute atomic E-state index is 0.155. The average molecular weight is 368 g/mol. The number of anilines is 1. The van der Waals surface area contributed by atoms with Crippen molar-refractivity contribution in [2.75, 3.05) is 25.6 Å². The summed E-state index contributed by atoms with van der Waals surface area (Å²) >= 11 is 0. The highest BCUT2D eigenvalue weighted by Gasteiger charge is 2.12. The average Bonchev–Trinajstić information content (AvgIpc) is 2.69. The number of aromatic amines is 1. The highest BCUT2D eigenvalue weighted by atomic mass is 16.5. The number of hydrogen-bond acceptors (Lipinski definition) is 5. The largest absolute Gasteiger partial charge is 0.497 e. The zero-order valence-corrected chi connectivity index (χ0v) is 15.8. The molecule has 0 saturated carbocycles. The summed E-state index contributed by atoms with van der Waals surface area (Å²) in [5.41, 5.74) is 2.02. The number of hydrogen-bond donors (Lipinski definition) is 2. The molecule has 2 N–H and O–H groups in total. The van der Waals surface area contributed by atoms with E-state index in [4.69, 9.17) is 14.2 Å². The fourth-order valence-corrected chi connectivity index (χ4v) is 2.88. The van der Waals surface area contributed by atoms with Crippen molar-refractivity contribution in [2.45, 2.75) is 20.4 Å². The monoisotopic (exact) mass is 368 g/mol. The van der Waals surface area contributed by atoms with Gasteiger partial charge in [0.05, 0.1) is 25.8 Å². The van der Waals surface area contributed by atoms with E-state index in [2.05, 4.69) is 10.3 Å². The maximum Gasteiger partial charge on any atom is 0.253 e. The van der Waals surface area contributed by atoms with E-state index in [-0.39, 0.29) is 5.56 Å². The minimum Gasteiger partial charge on any atom is -0.497 e. The van der Waals surface area contributed by atoms with Gasteiger partial charge in [-0.2, -0.15) is 0 Å². The molecule has 0 aliphatic rings. The molecule has 3 rings (SSSR count). The number of H-pyrrole nitrogens is 1. The van der Waals surface area contributed by atoms with Crippen molar-refractivity contribution in [3.8, 4) is 17.2 Å². The fraction of sp³-hybridized carbons (Fsp3) is 0.286. The Morgan fingerprint density at radius 3 is 2.30 bits per heavy atom. The molecule has 6 nitrogen and oxygen atoms in total. The molecule has 142 valence electrons. The van der Waals surface area contributed by atoms with E-state index in [1.54, 1.807) is 7.11 Å². The van der Waals surface area contributed by atoms with Gasteiger partial charge in [0.25, 0.3) is 5.56 Å². The second kappa shape index (κ2) is 8.49. The van der Waals surface area contributed by atoms with Crippen molar-refractivity contribution in [2.24, 2.45) is 0 Å². The lowest BCUT2D eigenvalue weighted by Crippen LogP contribution is -2.16. The van der Waals surface area contributed by atoms with Crippen LogP contribution in [-0.4, -0.2) is 25.3 Å². The molecule has 6 heteroatoms. The molecular weight excluding hydrogens is 344 g/mol. The van der Waals surface area contributed by atoms with E-state index < -0.39 is 0 Å². The maximum absolute atomic E-state index is 12.6. The van der Waals surface area contributed by atoms with Gasteiger partial charge in [-0.1, -0.05) is 0 Å². The molecule has 0 atom stereocenters. The molecule has 0 bridgehead atoms. The molecule has 0 spiro atoms. The number of benzene rings is 2. The predicted molar refractivity (Wildman–Crippen MR) is 107 cm³/mol. The lowest BCUT2D eigenvalue weighted by atomic mass is 10.1. The van der Waals surface area contributed by atoms with Crippen molar-refractivity contribution in [1.82, 2.24) is 4.98 Å². The number of fused-ring (bicyclic) bond motifs is 1. The summed E-state index contributed by atoms with van der Waals surface area (Å²) in [5, 5.41) is 4.09. The van der Waals surface area contributed by atoms with Gasteiger partial charge < -0.3 is 24.5 Å². The lowest BCUT2D eigenvalue weighted by Gasteiger charge is -2.13. The van der Waals surface area contributed by atoms with Crippen molar-refractivity contribution < 1.29 is 14.2 Å². The van der Waals surface area contributed by atoms with Gasteiger partial charge in [-0.05, 0) is 56.3 Å². The van der Waals surface area contributed by atoms with Gasteiger partial charge in [-0.25, -0.2) is 0 Å². The molecule has 0 unspecified atom stereocenters. The van der Waals surface area contributed by atoms with Crippen LogP contribution in [0.2, 0.25) is 0 Å². The summed E-state index contributed by atoms with van der Waals surface area (Å²) in [4.78, 5) is 15.5. The molecule has 1 heterocycles. The van der Waals surface area contributed by atoms with Crippen molar-refractivity contribution in [3.05, 3.63) is 58.4 Å². The predicted octanol–water partition coefficient (Wildman–Crippen LogP) is 3.95. The van der Waals surface area contributed by atoms with Crippen LogP contribution in [0.5, 0.6) is 17.2 Å². The molecule has 27 heavy (non-hydrogen) atoms. The summed E-state index contributed by atoms with van der Waals surface area (Å²) in [6.45, 7) is 5.29. The molecule has 0 aliphatic carbocycles. The summed E-state index contributed by atoms with van der Waals surface area (Å²) in [6.07, 6.45) is 0. The van der Waals surface area contributed by atoms with Gasteiger partial charge in [0, 0.05) is 23.2 Å². The van der Waals surface area contributed by atoms with Gasteiger partial charge in [0.2, 0.25) is 0 Å². The standard InChI is InChI=1S/C21H24N2O4/c1-4-26-18-10-11-19(27-5-2)20-17(18)12-14(21(24)23-20)13-22-15-6-8-16(25-3)9-7-15/h6-12,22H,4-5,13H2,1-3H3,(H,23,24). The van der Waals surface area contributed by atoms with Gasteiger partial charge >= 0.3 is 0 Å². The number of ether oxygens (including phenoxy) is 3. The summed E-state index contributed by atoms with van der Waals surface area (Å²) in [5.74, 6) is 2.15. The molecule has 0 amide bonds. The van der Waals surface area contributed by atoms with Crippen LogP contribution >= 0.6 is 0 Å². The fourth-order valence-electron chi connectivity index (χ4n) is 2.88. The van der Waals surface area contributed by atoms with Crippen LogP contribution in [-0.2, 0) is 6.54 Å². The number of methoxy groups -OCH3 is 1. The van der Waals surface area contributed by atoms with Crippen LogP contribution in [0.25, 0.3) is 10.9 Å². The number of nitrogens with one attached hydrogen (secondary N) is 2. The van der Waals surface area contributed by atoms with Crippen LogP contribution in [0.4, 0.5) is 5.69 Å². The topological polar surface area (TPSA) is 72.6 Å². The van der Waals surface area contributed by atoms with Crippen molar-refractivity contribution in [3.63, 3.8) is 0 Å². The Kier molecular flexibility index (Phi) is 5.86. The Hall–Kier alpha value is -3.15. The molecule has 2 aromatic carbocycles. The Balaban J connectivity index is 1.93. The third kappa shape index (κ3) is 4.16. The molecule has 1 aromatic heterocycles. The normalized spacial score (nSPS) is 10.6. The maximum atomic E-state index is 12.6. The molecule has 0 fully saturated rings. The summed E-state index contributed by atoms with van der Waals surface area (Å²) < 4.78 is 16.5. The van der Waals surface area contributed by atoms with E-state index in [1.807, 2.05) is 56.3 Å². The first kappa shape index (κ1) is 18.6. The zero-order chi connectivity index (χ0) is 19.2. The van der Waals surface area contributed by atoms with Gasteiger partial charge in [-0.3, -0.25) is 4.79 Å². The Labute approximate surface area is 158 Å². The van der Waals surface area contributed by atoms with Crippen molar-refractivity contribution >= 4 is 16.6 Å². The highest BCUT2D eigenvalue weighted by molar-refractivity contribution is 5.90. The second-order valence-corrected chi connectivity index (χ2v) is 5.92. The van der Waals surface area contributed by atoms with Gasteiger partial charge in [-0.15, -0.1) is 0 Å². The van der Waals surface area contributed by atoms with Crippen LogP contribution in [0.3, 0.4) is 0 Å². The molecular formula is C21H24N2O4. The van der Waals surface area contributed by atoms with Crippen LogP contribution in [0.1, 0.15) is 19.4 Å². The summed E-state index contributed by atoms with van der Waals surface area (Å²) in [7, 11) is 1.63. The van der Waals surface area contributed by atoms with E-state index in [0.29, 0.717) is 36.6 Å². The van der Waals surface area contributed by atoms with E-state index in [0.717, 1.165) is 22.6 Å². The van der Waals surface area contributed by atoms with E-state index >= 15 is 0 Å². The SMILES string of the molecule is CCOc1ccc(OCC)c2[nH]c(=O)c(CNc3ccc(OC)cc3)cc12. The minimum atomic E-state index is -0.155. The Morgan fingerprint density at radius 1 is 0.963 bits per heavy atom. The van der Waals surface area contributed by atoms with Crippen LogP contribution < -0.4 is 25.1 Å². The van der Waals surface area contributed by atoms with Crippen LogP contribution in [0, 0.1) is 0 Å². The first-order valence-electron chi connectivity index (χ1n) is 8.98. The zero-order valence-electron chi connectivity index (χ0n) is 15.8. The van der Waals surface area contributed by atoms with Gasteiger partial charge in [0.15, 0.2) is 0 Å². The third-order valence-electron chi connectivity index (χ3n) is 4.19. The van der Waals surface area contributed by atoms with E-state index in [9.17, 15) is 4.79 Å². The second-order valence-electron chi connectivity index (χ2n) is 5.92. The molecule has 0 radical (unpaired) electrons. The molecule has 0 saturated heterocycles. The van der Waals surface area contributed by atoms with Crippen molar-refractivity contribution in [1.29, 1.82) is 0 Å². The first-order chi connectivity index (χ1) is 13.2. The summed E-state index contributed by atoms with van der Waals surface area (Å²) in [6, 6.07) is 13.1. The number of pyridine rings is 1.